The smallest absolute Gasteiger partial charge is 0.323 e. The first-order chi connectivity index (χ1) is 15.0. The first kappa shape index (κ1) is 21.3. The Morgan fingerprint density at radius 3 is 2.94 bits per heavy atom. The van der Waals surface area contributed by atoms with Crippen LogP contribution in [0.3, 0.4) is 0 Å². The fourth-order valence-electron chi connectivity index (χ4n) is 3.44. The first-order valence-electron chi connectivity index (χ1n) is 9.94. The van der Waals surface area contributed by atoms with Gasteiger partial charge in [-0.2, -0.15) is 0 Å². The van der Waals surface area contributed by atoms with Crippen molar-refractivity contribution in [2.24, 2.45) is 0 Å². The standard InChI is InChI=1S/C22H23BrN4O4/c1-14-22(28)31-9-7-27(14)6-8-30-20-11-17-18(12-19(20)29-2)24-13-25-21(17)26-16-5-3-4-15(23)10-16/h3-5,10-14H,6-9H2,1-2H3,(H,24,25,26). The number of rotatable bonds is 7. The maximum Gasteiger partial charge on any atom is 0.323 e. The molecule has 3 aromatic rings. The number of carbonyl (C=O) groups excluding carboxylic acids is 1. The minimum absolute atomic E-state index is 0.199. The average Bonchev–Trinajstić information content (AvgIpc) is 2.76. The van der Waals surface area contributed by atoms with Gasteiger partial charge in [-0.05, 0) is 31.2 Å². The molecule has 0 spiro atoms. The van der Waals surface area contributed by atoms with Gasteiger partial charge in [0.1, 0.15) is 31.4 Å². The van der Waals surface area contributed by atoms with Crippen LogP contribution in [0, 0.1) is 0 Å². The van der Waals surface area contributed by atoms with Gasteiger partial charge in [-0.3, -0.25) is 9.69 Å². The molecule has 1 atom stereocenters. The number of ether oxygens (including phenoxy) is 3. The third kappa shape index (κ3) is 4.88. The Kier molecular flexibility index (Phi) is 6.53. The monoisotopic (exact) mass is 486 g/mol. The number of cyclic esters (lactones) is 1. The topological polar surface area (TPSA) is 85.8 Å². The predicted molar refractivity (Wildman–Crippen MR) is 121 cm³/mol. The molecular weight excluding hydrogens is 464 g/mol. The third-order valence-corrected chi connectivity index (χ3v) is 5.65. The molecule has 1 unspecified atom stereocenters. The van der Waals surface area contributed by atoms with Gasteiger partial charge in [-0.15, -0.1) is 0 Å². The summed E-state index contributed by atoms with van der Waals surface area (Å²) in [6.07, 6.45) is 1.51. The highest BCUT2D eigenvalue weighted by atomic mass is 79.9. The Morgan fingerprint density at radius 2 is 2.13 bits per heavy atom. The van der Waals surface area contributed by atoms with Gasteiger partial charge in [0, 0.05) is 34.7 Å². The zero-order chi connectivity index (χ0) is 21.8. The van der Waals surface area contributed by atoms with E-state index < -0.39 is 0 Å². The molecule has 1 aliphatic heterocycles. The molecule has 4 rings (SSSR count). The maximum absolute atomic E-state index is 11.7. The number of benzene rings is 2. The summed E-state index contributed by atoms with van der Waals surface area (Å²) in [4.78, 5) is 22.6. The predicted octanol–water partition coefficient (Wildman–Crippen LogP) is 3.77. The molecule has 1 N–H and O–H groups in total. The molecule has 31 heavy (non-hydrogen) atoms. The van der Waals surface area contributed by atoms with Crippen molar-refractivity contribution in [1.82, 2.24) is 14.9 Å². The van der Waals surface area contributed by atoms with Gasteiger partial charge in [0.15, 0.2) is 11.5 Å². The number of morpholine rings is 1. The van der Waals surface area contributed by atoms with Crippen LogP contribution < -0.4 is 14.8 Å². The van der Waals surface area contributed by atoms with E-state index in [9.17, 15) is 4.79 Å². The molecule has 9 heteroatoms. The number of anilines is 2. The lowest BCUT2D eigenvalue weighted by Crippen LogP contribution is -2.48. The van der Waals surface area contributed by atoms with Crippen LogP contribution in [0.2, 0.25) is 0 Å². The van der Waals surface area contributed by atoms with Gasteiger partial charge in [0.05, 0.1) is 12.6 Å². The number of methoxy groups -OCH3 is 1. The normalized spacial score (nSPS) is 16.7. The second-order valence-electron chi connectivity index (χ2n) is 7.11. The third-order valence-electron chi connectivity index (χ3n) is 5.16. The molecule has 2 aromatic carbocycles. The Hall–Kier alpha value is -2.91. The first-order valence-corrected chi connectivity index (χ1v) is 10.7. The van der Waals surface area contributed by atoms with E-state index in [2.05, 4.69) is 31.2 Å². The van der Waals surface area contributed by atoms with E-state index in [1.165, 1.54) is 6.33 Å². The van der Waals surface area contributed by atoms with Crippen molar-refractivity contribution in [3.05, 3.63) is 47.2 Å². The van der Waals surface area contributed by atoms with Crippen LogP contribution in [0.5, 0.6) is 11.5 Å². The van der Waals surface area contributed by atoms with Crippen LogP contribution in [0.15, 0.2) is 47.2 Å². The summed E-state index contributed by atoms with van der Waals surface area (Å²) in [5.74, 6) is 1.65. The number of nitrogens with zero attached hydrogens (tertiary/aromatic N) is 3. The molecule has 1 aromatic heterocycles. The van der Waals surface area contributed by atoms with Gasteiger partial charge in [0.2, 0.25) is 0 Å². The van der Waals surface area contributed by atoms with Crippen LogP contribution in [0.25, 0.3) is 10.9 Å². The van der Waals surface area contributed by atoms with Crippen LogP contribution in [0.4, 0.5) is 11.5 Å². The van der Waals surface area contributed by atoms with Crippen LogP contribution in [-0.4, -0.2) is 60.3 Å². The molecule has 1 saturated heterocycles. The van der Waals surface area contributed by atoms with Gasteiger partial charge < -0.3 is 19.5 Å². The fraction of sp³-hybridized carbons (Fsp3) is 0.318. The zero-order valence-electron chi connectivity index (χ0n) is 17.3. The van der Waals surface area contributed by atoms with Crippen LogP contribution in [-0.2, 0) is 9.53 Å². The minimum Gasteiger partial charge on any atom is -0.493 e. The Bertz CT molecular complexity index is 1090. The summed E-state index contributed by atoms with van der Waals surface area (Å²) < 4.78 is 17.6. The highest BCUT2D eigenvalue weighted by Crippen LogP contribution is 2.35. The van der Waals surface area contributed by atoms with Crippen molar-refractivity contribution in [1.29, 1.82) is 0 Å². The SMILES string of the molecule is COc1cc2ncnc(Nc3cccc(Br)c3)c2cc1OCCN1CCOC(=O)C1C. The van der Waals surface area contributed by atoms with Crippen molar-refractivity contribution in [2.75, 3.05) is 38.7 Å². The van der Waals surface area contributed by atoms with E-state index in [0.717, 1.165) is 21.1 Å². The summed E-state index contributed by atoms with van der Waals surface area (Å²) in [5, 5.41) is 4.15. The summed E-state index contributed by atoms with van der Waals surface area (Å²) >= 11 is 3.48. The zero-order valence-corrected chi connectivity index (χ0v) is 18.9. The largest absolute Gasteiger partial charge is 0.493 e. The molecule has 0 amide bonds. The number of halogens is 1. The fourth-order valence-corrected chi connectivity index (χ4v) is 3.84. The van der Waals surface area contributed by atoms with Crippen molar-refractivity contribution >= 4 is 44.3 Å². The van der Waals surface area contributed by atoms with E-state index in [-0.39, 0.29) is 12.0 Å². The molecule has 2 heterocycles. The lowest BCUT2D eigenvalue weighted by Gasteiger charge is -2.31. The van der Waals surface area contributed by atoms with E-state index >= 15 is 0 Å². The van der Waals surface area contributed by atoms with E-state index in [0.29, 0.717) is 43.6 Å². The number of hydrogen-bond acceptors (Lipinski definition) is 8. The quantitative estimate of drug-likeness (QED) is 0.505. The number of nitrogens with one attached hydrogen (secondary N) is 1. The van der Waals surface area contributed by atoms with Crippen molar-refractivity contribution in [3.8, 4) is 11.5 Å². The number of fused-ring (bicyclic) bond motifs is 1. The van der Waals surface area contributed by atoms with Gasteiger partial charge in [-0.1, -0.05) is 22.0 Å². The molecule has 0 bridgehead atoms. The second kappa shape index (κ2) is 9.49. The van der Waals surface area contributed by atoms with Crippen molar-refractivity contribution in [3.63, 3.8) is 0 Å². The van der Waals surface area contributed by atoms with E-state index in [1.807, 2.05) is 48.2 Å². The Balaban J connectivity index is 1.55. The number of hydrogen-bond donors (Lipinski definition) is 1. The molecule has 8 nitrogen and oxygen atoms in total. The summed E-state index contributed by atoms with van der Waals surface area (Å²) in [7, 11) is 1.60. The van der Waals surface area contributed by atoms with Crippen molar-refractivity contribution in [2.45, 2.75) is 13.0 Å². The van der Waals surface area contributed by atoms with E-state index in [4.69, 9.17) is 14.2 Å². The maximum atomic E-state index is 11.7. The minimum atomic E-state index is -0.273. The molecule has 1 aliphatic rings. The lowest BCUT2D eigenvalue weighted by molar-refractivity contribution is -0.156. The Morgan fingerprint density at radius 1 is 1.26 bits per heavy atom. The summed E-state index contributed by atoms with van der Waals surface area (Å²) in [6, 6.07) is 11.3. The van der Waals surface area contributed by atoms with E-state index in [1.54, 1.807) is 7.11 Å². The van der Waals surface area contributed by atoms with Gasteiger partial charge >= 0.3 is 5.97 Å². The van der Waals surface area contributed by atoms with Crippen LogP contribution >= 0.6 is 15.9 Å². The Labute approximate surface area is 188 Å². The summed E-state index contributed by atoms with van der Waals surface area (Å²) in [5.41, 5.74) is 1.64. The molecule has 0 aliphatic carbocycles. The average molecular weight is 487 g/mol. The number of carbonyl (C=O) groups is 1. The highest BCUT2D eigenvalue weighted by Gasteiger charge is 2.27. The number of esters is 1. The van der Waals surface area contributed by atoms with Gasteiger partial charge in [-0.25, -0.2) is 9.97 Å². The molecule has 1 fully saturated rings. The molecule has 162 valence electrons. The molecular formula is C22H23BrN4O4. The van der Waals surface area contributed by atoms with Crippen molar-refractivity contribution < 1.29 is 19.0 Å². The second-order valence-corrected chi connectivity index (χ2v) is 8.02. The summed E-state index contributed by atoms with van der Waals surface area (Å²) in [6.45, 7) is 3.95. The lowest BCUT2D eigenvalue weighted by atomic mass is 10.2. The molecule has 0 radical (unpaired) electrons. The number of aromatic nitrogens is 2. The van der Waals surface area contributed by atoms with Crippen LogP contribution in [0.1, 0.15) is 6.92 Å². The van der Waals surface area contributed by atoms with Gasteiger partial charge in [0.25, 0.3) is 0 Å². The highest BCUT2D eigenvalue weighted by molar-refractivity contribution is 9.10. The molecule has 0 saturated carbocycles.